The third-order valence-electron chi connectivity index (χ3n) is 6.65. The SMILES string of the molecule is O=C(CC12CC3CC(CC(Br)(C3)C1)C2)Nc1ccn(Cc2ccncc2)n1. The molecule has 0 aliphatic heterocycles. The summed E-state index contributed by atoms with van der Waals surface area (Å²) in [5.41, 5.74) is 1.33. The van der Waals surface area contributed by atoms with Crippen molar-refractivity contribution < 1.29 is 4.79 Å². The summed E-state index contributed by atoms with van der Waals surface area (Å²) in [6.45, 7) is 0.678. The number of carbonyl (C=O) groups is 1. The molecule has 0 aromatic carbocycles. The zero-order valence-corrected chi connectivity index (χ0v) is 17.0. The van der Waals surface area contributed by atoms with E-state index in [0.29, 0.717) is 23.1 Å². The molecule has 5 nitrogen and oxygen atoms in total. The van der Waals surface area contributed by atoms with Gasteiger partial charge < -0.3 is 5.32 Å². The van der Waals surface area contributed by atoms with E-state index in [-0.39, 0.29) is 11.3 Å². The Morgan fingerprint density at radius 3 is 2.63 bits per heavy atom. The van der Waals surface area contributed by atoms with Crippen LogP contribution in [0.4, 0.5) is 5.82 Å². The monoisotopic (exact) mass is 428 g/mol. The van der Waals surface area contributed by atoms with E-state index in [4.69, 9.17) is 0 Å². The van der Waals surface area contributed by atoms with Gasteiger partial charge in [0.2, 0.25) is 5.91 Å². The van der Waals surface area contributed by atoms with E-state index < -0.39 is 0 Å². The summed E-state index contributed by atoms with van der Waals surface area (Å²) in [7, 11) is 0. The molecule has 6 rings (SSSR count). The van der Waals surface area contributed by atoms with Gasteiger partial charge in [0.05, 0.1) is 6.54 Å². The third kappa shape index (κ3) is 3.56. The molecule has 4 fully saturated rings. The van der Waals surface area contributed by atoms with Crippen LogP contribution >= 0.6 is 15.9 Å². The zero-order chi connectivity index (χ0) is 18.5. The van der Waals surface area contributed by atoms with Crippen LogP contribution in [0.2, 0.25) is 0 Å². The fourth-order valence-corrected chi connectivity index (χ4v) is 7.77. The van der Waals surface area contributed by atoms with Gasteiger partial charge in [-0.1, -0.05) is 15.9 Å². The Balaban J connectivity index is 1.23. The average molecular weight is 429 g/mol. The van der Waals surface area contributed by atoms with Crippen LogP contribution in [0.3, 0.4) is 0 Å². The van der Waals surface area contributed by atoms with Gasteiger partial charge in [0.15, 0.2) is 5.82 Å². The van der Waals surface area contributed by atoms with Gasteiger partial charge in [-0.15, -0.1) is 0 Å². The van der Waals surface area contributed by atoms with Gasteiger partial charge in [0.1, 0.15) is 0 Å². The Labute approximate surface area is 168 Å². The van der Waals surface area contributed by atoms with Crippen LogP contribution in [0.5, 0.6) is 0 Å². The standard InChI is InChI=1S/C21H25BrN4O/c22-21-10-16-7-17(11-21)9-20(8-16,14-21)12-19(27)24-18-3-6-26(25-18)13-15-1-4-23-5-2-15/h1-6,16-17H,7-14H2,(H,24,25,27). The zero-order valence-electron chi connectivity index (χ0n) is 15.4. The summed E-state index contributed by atoms with van der Waals surface area (Å²) in [6.07, 6.45) is 13.7. The average Bonchev–Trinajstić information content (AvgIpc) is 2.99. The maximum Gasteiger partial charge on any atom is 0.226 e. The molecule has 4 saturated carbocycles. The summed E-state index contributed by atoms with van der Waals surface area (Å²) in [4.78, 5) is 16.8. The largest absolute Gasteiger partial charge is 0.309 e. The number of hydrogen-bond donors (Lipinski definition) is 1. The quantitative estimate of drug-likeness (QED) is 0.718. The molecule has 4 aliphatic carbocycles. The molecule has 2 aromatic heterocycles. The summed E-state index contributed by atoms with van der Waals surface area (Å²) < 4.78 is 2.15. The van der Waals surface area contributed by atoms with Gasteiger partial charge in [-0.3, -0.25) is 14.5 Å². The molecular weight excluding hydrogens is 404 g/mol. The fraction of sp³-hybridized carbons (Fsp3) is 0.571. The topological polar surface area (TPSA) is 59.8 Å². The number of pyridine rings is 1. The normalized spacial score (nSPS) is 34.0. The van der Waals surface area contributed by atoms with Crippen molar-refractivity contribution in [3.05, 3.63) is 42.4 Å². The number of rotatable bonds is 5. The first kappa shape index (κ1) is 17.4. The predicted molar refractivity (Wildman–Crippen MR) is 108 cm³/mol. The maximum absolute atomic E-state index is 12.8. The number of amides is 1. The highest BCUT2D eigenvalue weighted by molar-refractivity contribution is 9.10. The smallest absolute Gasteiger partial charge is 0.226 e. The molecule has 2 aromatic rings. The molecule has 27 heavy (non-hydrogen) atoms. The Morgan fingerprint density at radius 2 is 1.93 bits per heavy atom. The second-order valence-electron chi connectivity index (χ2n) is 9.09. The predicted octanol–water partition coefficient (Wildman–Crippen LogP) is 4.39. The second kappa shape index (κ2) is 6.43. The van der Waals surface area contributed by atoms with Crippen LogP contribution in [0, 0.1) is 17.3 Å². The number of hydrogen-bond acceptors (Lipinski definition) is 3. The van der Waals surface area contributed by atoms with Gasteiger partial charge >= 0.3 is 0 Å². The van der Waals surface area contributed by atoms with Crippen molar-refractivity contribution in [1.29, 1.82) is 0 Å². The van der Waals surface area contributed by atoms with Crippen LogP contribution in [-0.4, -0.2) is 25.0 Å². The van der Waals surface area contributed by atoms with Crippen molar-refractivity contribution in [2.75, 3.05) is 5.32 Å². The van der Waals surface area contributed by atoms with Crippen LogP contribution < -0.4 is 5.32 Å². The van der Waals surface area contributed by atoms with E-state index in [9.17, 15) is 4.79 Å². The minimum atomic E-state index is 0.113. The molecule has 2 unspecified atom stereocenters. The molecule has 2 atom stereocenters. The number of nitrogens with zero attached hydrogens (tertiary/aromatic N) is 3. The Hall–Kier alpha value is -1.69. The number of nitrogens with one attached hydrogen (secondary N) is 1. The minimum absolute atomic E-state index is 0.113. The molecule has 4 bridgehead atoms. The fourth-order valence-electron chi connectivity index (χ4n) is 6.26. The summed E-state index contributed by atoms with van der Waals surface area (Å²) in [5, 5.41) is 7.55. The first-order valence-electron chi connectivity index (χ1n) is 9.91. The highest BCUT2D eigenvalue weighted by Gasteiger charge is 2.57. The van der Waals surface area contributed by atoms with Gasteiger partial charge in [-0.05, 0) is 73.5 Å². The molecule has 0 saturated heterocycles. The van der Waals surface area contributed by atoms with E-state index in [2.05, 4.69) is 31.3 Å². The van der Waals surface area contributed by atoms with Crippen molar-refractivity contribution in [1.82, 2.24) is 14.8 Å². The Kier molecular flexibility index (Phi) is 4.15. The first-order valence-corrected chi connectivity index (χ1v) is 10.7. The molecule has 4 aliphatic rings. The van der Waals surface area contributed by atoms with E-state index in [1.807, 2.05) is 29.1 Å². The molecular formula is C21H25BrN4O. The summed E-state index contributed by atoms with van der Waals surface area (Å²) in [6, 6.07) is 5.83. The van der Waals surface area contributed by atoms with E-state index >= 15 is 0 Å². The number of carbonyl (C=O) groups excluding carboxylic acids is 1. The van der Waals surface area contributed by atoms with Crippen LogP contribution in [-0.2, 0) is 11.3 Å². The Morgan fingerprint density at radius 1 is 1.19 bits per heavy atom. The van der Waals surface area contributed by atoms with Gasteiger partial charge in [-0.2, -0.15) is 5.10 Å². The minimum Gasteiger partial charge on any atom is -0.309 e. The highest BCUT2D eigenvalue weighted by Crippen LogP contribution is 2.65. The third-order valence-corrected chi connectivity index (χ3v) is 7.58. The molecule has 0 radical (unpaired) electrons. The van der Waals surface area contributed by atoms with Crippen molar-refractivity contribution in [2.24, 2.45) is 17.3 Å². The number of aromatic nitrogens is 3. The van der Waals surface area contributed by atoms with Crippen molar-refractivity contribution in [3.63, 3.8) is 0 Å². The van der Waals surface area contributed by atoms with Crippen molar-refractivity contribution in [2.45, 2.75) is 55.8 Å². The molecule has 1 amide bonds. The van der Waals surface area contributed by atoms with E-state index in [1.165, 1.54) is 32.1 Å². The number of anilines is 1. The van der Waals surface area contributed by atoms with Gasteiger partial charge in [0.25, 0.3) is 0 Å². The van der Waals surface area contributed by atoms with E-state index in [1.54, 1.807) is 12.4 Å². The van der Waals surface area contributed by atoms with E-state index in [0.717, 1.165) is 23.8 Å². The molecule has 6 heteroatoms. The Bertz CT molecular complexity index is 835. The number of halogens is 1. The van der Waals surface area contributed by atoms with Crippen LogP contribution in [0.25, 0.3) is 0 Å². The van der Waals surface area contributed by atoms with Crippen LogP contribution in [0.15, 0.2) is 36.8 Å². The van der Waals surface area contributed by atoms with Gasteiger partial charge in [0, 0.05) is 35.4 Å². The molecule has 2 heterocycles. The van der Waals surface area contributed by atoms with Gasteiger partial charge in [-0.25, -0.2) is 0 Å². The van der Waals surface area contributed by atoms with Crippen molar-refractivity contribution in [3.8, 4) is 0 Å². The summed E-state index contributed by atoms with van der Waals surface area (Å²) in [5.74, 6) is 2.37. The second-order valence-corrected chi connectivity index (χ2v) is 10.8. The van der Waals surface area contributed by atoms with Crippen LogP contribution in [0.1, 0.15) is 50.5 Å². The first-order chi connectivity index (χ1) is 13.0. The molecule has 0 spiro atoms. The lowest BCUT2D eigenvalue weighted by Crippen LogP contribution is -2.53. The van der Waals surface area contributed by atoms with Crippen molar-refractivity contribution >= 4 is 27.7 Å². The summed E-state index contributed by atoms with van der Waals surface area (Å²) >= 11 is 4.03. The lowest BCUT2D eigenvalue weighted by atomic mass is 9.48. The maximum atomic E-state index is 12.8. The molecule has 142 valence electrons. The highest BCUT2D eigenvalue weighted by atomic mass is 79.9. The lowest BCUT2D eigenvalue weighted by molar-refractivity contribution is -0.123. The molecule has 1 N–H and O–H groups in total. The number of alkyl halides is 1. The lowest BCUT2D eigenvalue weighted by Gasteiger charge is -2.60.